The second kappa shape index (κ2) is 6.97. The first-order valence-electron chi connectivity index (χ1n) is 7.74. The van der Waals surface area contributed by atoms with Gasteiger partial charge in [0.05, 0.1) is 19.4 Å². The molecule has 1 unspecified atom stereocenters. The van der Waals surface area contributed by atoms with Crippen LogP contribution in [-0.4, -0.2) is 29.0 Å². The molecule has 0 saturated heterocycles. The van der Waals surface area contributed by atoms with Crippen LogP contribution in [-0.2, 0) is 4.74 Å². The SMILES string of the molecule is CCOC(=O)c1cnn2c1NC(c1ccc(OCC)cc1)=CC2Cl. The summed E-state index contributed by atoms with van der Waals surface area (Å²) in [7, 11) is 0. The summed E-state index contributed by atoms with van der Waals surface area (Å²) in [5.41, 5.74) is 1.60. The number of aromatic nitrogens is 2. The number of esters is 1. The number of carbonyl (C=O) groups is 1. The summed E-state index contributed by atoms with van der Waals surface area (Å²) in [4.78, 5) is 12.0. The molecule has 1 N–H and O–H groups in total. The zero-order valence-corrected chi connectivity index (χ0v) is 14.2. The third kappa shape index (κ3) is 3.10. The largest absolute Gasteiger partial charge is 0.494 e. The predicted molar refractivity (Wildman–Crippen MR) is 92.3 cm³/mol. The number of benzene rings is 1. The van der Waals surface area contributed by atoms with Crippen LogP contribution >= 0.6 is 11.6 Å². The monoisotopic (exact) mass is 347 g/mol. The van der Waals surface area contributed by atoms with Crippen LogP contribution in [0.4, 0.5) is 5.82 Å². The highest BCUT2D eigenvalue weighted by Gasteiger charge is 2.26. The van der Waals surface area contributed by atoms with Crippen molar-refractivity contribution >= 4 is 29.1 Å². The molecule has 1 atom stereocenters. The highest BCUT2D eigenvalue weighted by atomic mass is 35.5. The number of allylic oxidation sites excluding steroid dienone is 1. The predicted octanol–water partition coefficient (Wildman–Crippen LogP) is 3.66. The van der Waals surface area contributed by atoms with Crippen LogP contribution in [0, 0.1) is 0 Å². The summed E-state index contributed by atoms with van der Waals surface area (Å²) in [6.45, 7) is 4.62. The van der Waals surface area contributed by atoms with Crippen LogP contribution in [0.15, 0.2) is 36.5 Å². The molecule has 1 aromatic carbocycles. The maximum Gasteiger partial charge on any atom is 0.343 e. The second-order valence-corrected chi connectivity index (χ2v) is 5.55. The molecule has 0 amide bonds. The minimum Gasteiger partial charge on any atom is -0.494 e. The van der Waals surface area contributed by atoms with Gasteiger partial charge in [0.2, 0.25) is 0 Å². The number of hydrogen-bond acceptors (Lipinski definition) is 5. The van der Waals surface area contributed by atoms with Gasteiger partial charge in [0.15, 0.2) is 0 Å². The van der Waals surface area contributed by atoms with Gasteiger partial charge in [-0.05, 0) is 49.8 Å². The van der Waals surface area contributed by atoms with Crippen LogP contribution in [0.5, 0.6) is 5.75 Å². The molecule has 0 spiro atoms. The Balaban J connectivity index is 1.88. The van der Waals surface area contributed by atoms with Crippen LogP contribution in [0.2, 0.25) is 0 Å². The number of rotatable bonds is 5. The van der Waals surface area contributed by atoms with Crippen LogP contribution in [0.1, 0.15) is 35.3 Å². The third-order valence-electron chi connectivity index (χ3n) is 3.56. The quantitative estimate of drug-likeness (QED) is 0.660. The Labute approximate surface area is 145 Å². The summed E-state index contributed by atoms with van der Waals surface area (Å²) in [6.07, 6.45) is 3.30. The number of ether oxygens (including phenoxy) is 2. The van der Waals surface area contributed by atoms with Crippen molar-refractivity contribution in [1.82, 2.24) is 9.78 Å². The summed E-state index contributed by atoms with van der Waals surface area (Å²) in [5.74, 6) is 0.903. The fourth-order valence-electron chi connectivity index (χ4n) is 2.48. The molecule has 3 rings (SSSR count). The summed E-state index contributed by atoms with van der Waals surface area (Å²) in [5, 5.41) is 7.38. The first kappa shape index (κ1) is 16.4. The Morgan fingerprint density at radius 2 is 2.04 bits per heavy atom. The molecular formula is C17H18ClN3O3. The Morgan fingerprint density at radius 3 is 2.71 bits per heavy atom. The van der Waals surface area contributed by atoms with Gasteiger partial charge in [-0.3, -0.25) is 0 Å². The van der Waals surface area contributed by atoms with Crippen LogP contribution in [0.3, 0.4) is 0 Å². The Bertz CT molecular complexity index is 768. The molecule has 6 nitrogen and oxygen atoms in total. The first-order valence-corrected chi connectivity index (χ1v) is 8.18. The number of halogens is 1. The minimum atomic E-state index is -0.494. The van der Waals surface area contributed by atoms with E-state index in [1.54, 1.807) is 11.6 Å². The van der Waals surface area contributed by atoms with Crippen molar-refractivity contribution in [3.63, 3.8) is 0 Å². The molecule has 0 saturated carbocycles. The highest BCUT2D eigenvalue weighted by Crippen LogP contribution is 2.34. The van der Waals surface area contributed by atoms with E-state index in [-0.39, 0.29) is 0 Å². The second-order valence-electron chi connectivity index (χ2n) is 5.11. The minimum absolute atomic E-state index is 0.301. The Morgan fingerprint density at radius 1 is 1.29 bits per heavy atom. The fourth-order valence-corrected chi connectivity index (χ4v) is 2.75. The van der Waals surface area contributed by atoms with Gasteiger partial charge < -0.3 is 14.8 Å². The molecule has 1 aromatic heterocycles. The van der Waals surface area contributed by atoms with E-state index in [0.29, 0.717) is 24.6 Å². The standard InChI is InChI=1S/C17H18ClN3O3/c1-3-23-12-7-5-11(6-8-12)14-9-15(18)21-16(20-14)13(10-19-21)17(22)24-4-2/h5-10,15,20H,3-4H2,1-2H3. The molecule has 0 radical (unpaired) electrons. The summed E-state index contributed by atoms with van der Waals surface area (Å²) in [6, 6.07) is 7.65. The van der Waals surface area contributed by atoms with E-state index in [1.165, 1.54) is 6.20 Å². The van der Waals surface area contributed by atoms with Gasteiger partial charge in [0.25, 0.3) is 0 Å². The summed E-state index contributed by atoms with van der Waals surface area (Å²) >= 11 is 6.38. The molecule has 7 heteroatoms. The molecule has 1 aliphatic rings. The van der Waals surface area contributed by atoms with Crippen molar-refractivity contribution in [2.75, 3.05) is 18.5 Å². The zero-order chi connectivity index (χ0) is 17.1. The van der Waals surface area contributed by atoms with E-state index in [9.17, 15) is 4.79 Å². The number of anilines is 1. The first-order chi connectivity index (χ1) is 11.6. The van der Waals surface area contributed by atoms with Crippen molar-refractivity contribution in [2.24, 2.45) is 0 Å². The number of fused-ring (bicyclic) bond motifs is 1. The van der Waals surface area contributed by atoms with Crippen LogP contribution < -0.4 is 10.1 Å². The van der Waals surface area contributed by atoms with Gasteiger partial charge >= 0.3 is 5.97 Å². The molecule has 126 valence electrons. The average molecular weight is 348 g/mol. The average Bonchev–Trinajstić information content (AvgIpc) is 3.01. The zero-order valence-electron chi connectivity index (χ0n) is 13.5. The normalized spacial score (nSPS) is 16.0. The van der Waals surface area contributed by atoms with Gasteiger partial charge in [-0.1, -0.05) is 11.6 Å². The van der Waals surface area contributed by atoms with Crippen molar-refractivity contribution in [3.8, 4) is 5.75 Å². The van der Waals surface area contributed by atoms with Gasteiger partial charge in [0, 0.05) is 5.70 Å². The van der Waals surface area contributed by atoms with E-state index in [4.69, 9.17) is 21.1 Å². The number of nitrogens with one attached hydrogen (secondary N) is 1. The molecule has 24 heavy (non-hydrogen) atoms. The Hall–Kier alpha value is -2.47. The van der Waals surface area contributed by atoms with Crippen molar-refractivity contribution < 1.29 is 14.3 Å². The molecule has 2 aromatic rings. The van der Waals surface area contributed by atoms with Crippen molar-refractivity contribution in [2.45, 2.75) is 19.3 Å². The summed E-state index contributed by atoms with van der Waals surface area (Å²) < 4.78 is 12.1. The number of hydrogen-bond donors (Lipinski definition) is 1. The maximum absolute atomic E-state index is 12.0. The van der Waals surface area contributed by atoms with Gasteiger partial charge in [-0.25, -0.2) is 9.48 Å². The van der Waals surface area contributed by atoms with E-state index < -0.39 is 11.5 Å². The highest BCUT2D eigenvalue weighted by molar-refractivity contribution is 6.21. The van der Waals surface area contributed by atoms with Crippen molar-refractivity contribution in [1.29, 1.82) is 0 Å². The molecule has 2 heterocycles. The molecule has 0 aliphatic carbocycles. The molecular weight excluding hydrogens is 330 g/mol. The van der Waals surface area contributed by atoms with Gasteiger partial charge in [-0.2, -0.15) is 5.10 Å². The van der Waals surface area contributed by atoms with E-state index in [0.717, 1.165) is 17.0 Å². The maximum atomic E-state index is 12.0. The van der Waals surface area contributed by atoms with E-state index >= 15 is 0 Å². The lowest BCUT2D eigenvalue weighted by molar-refractivity contribution is 0.0527. The van der Waals surface area contributed by atoms with Crippen molar-refractivity contribution in [3.05, 3.63) is 47.7 Å². The lowest BCUT2D eigenvalue weighted by Gasteiger charge is -2.22. The number of nitrogens with zero attached hydrogens (tertiary/aromatic N) is 2. The Kier molecular flexibility index (Phi) is 4.76. The lowest BCUT2D eigenvalue weighted by atomic mass is 10.1. The topological polar surface area (TPSA) is 65.4 Å². The van der Waals surface area contributed by atoms with Gasteiger partial charge in [-0.15, -0.1) is 0 Å². The third-order valence-corrected chi connectivity index (χ3v) is 3.87. The molecule has 0 fully saturated rings. The van der Waals surface area contributed by atoms with E-state index in [1.807, 2.05) is 37.3 Å². The lowest BCUT2D eigenvalue weighted by Crippen LogP contribution is -2.17. The molecule has 1 aliphatic heterocycles. The van der Waals surface area contributed by atoms with E-state index in [2.05, 4.69) is 10.4 Å². The number of carbonyl (C=O) groups excluding carboxylic acids is 1. The molecule has 0 bridgehead atoms. The van der Waals surface area contributed by atoms with Crippen LogP contribution in [0.25, 0.3) is 5.70 Å². The van der Waals surface area contributed by atoms with Gasteiger partial charge in [0.1, 0.15) is 22.6 Å². The fraction of sp³-hybridized carbons (Fsp3) is 0.294. The smallest absolute Gasteiger partial charge is 0.343 e. The number of alkyl halides is 1.